The van der Waals surface area contributed by atoms with Crippen molar-refractivity contribution in [3.05, 3.63) is 23.8 Å². The van der Waals surface area contributed by atoms with E-state index in [1.807, 2.05) is 6.07 Å². The summed E-state index contributed by atoms with van der Waals surface area (Å²) < 4.78 is 16.0. The van der Waals surface area contributed by atoms with Gasteiger partial charge in [-0.25, -0.2) is 0 Å². The Hall–Kier alpha value is -1.26. The van der Waals surface area contributed by atoms with Gasteiger partial charge in [-0.15, -0.1) is 0 Å². The van der Waals surface area contributed by atoms with E-state index in [2.05, 4.69) is 12.1 Å². The molecule has 4 heteroatoms. The predicted molar refractivity (Wildman–Crippen MR) is 57.8 cm³/mol. The fraction of sp³-hybridized carbons (Fsp3) is 0.500. The molecule has 0 atom stereocenters. The van der Waals surface area contributed by atoms with Crippen LogP contribution in [-0.4, -0.2) is 33.1 Å². The number of fused-ring (bicyclic) bond motifs is 1. The summed E-state index contributed by atoms with van der Waals surface area (Å²) in [4.78, 5) is 1.57. The Bertz CT molecular complexity index is 375. The monoisotopic (exact) mass is 222 g/mol. The number of hydrogen-bond acceptors (Lipinski definition) is 3. The molecule has 2 aliphatic heterocycles. The molecule has 2 heterocycles. The molecule has 4 nitrogen and oxygen atoms in total. The second-order valence-corrected chi connectivity index (χ2v) is 4.23. The van der Waals surface area contributed by atoms with E-state index in [-0.39, 0.29) is 0 Å². The lowest BCUT2D eigenvalue weighted by Crippen LogP contribution is -3.12. The van der Waals surface area contributed by atoms with Gasteiger partial charge < -0.3 is 19.1 Å². The van der Waals surface area contributed by atoms with E-state index in [9.17, 15) is 0 Å². The van der Waals surface area contributed by atoms with Gasteiger partial charge in [0.05, 0.1) is 13.2 Å². The van der Waals surface area contributed by atoms with Crippen LogP contribution in [-0.2, 0) is 11.3 Å². The van der Waals surface area contributed by atoms with Crippen LogP contribution < -0.4 is 14.4 Å². The van der Waals surface area contributed by atoms with E-state index in [0.717, 1.165) is 44.3 Å². The topological polar surface area (TPSA) is 32.1 Å². The van der Waals surface area contributed by atoms with Crippen molar-refractivity contribution in [3.63, 3.8) is 0 Å². The second-order valence-electron chi connectivity index (χ2n) is 4.23. The van der Waals surface area contributed by atoms with Crippen LogP contribution in [0.1, 0.15) is 5.56 Å². The van der Waals surface area contributed by atoms with E-state index in [4.69, 9.17) is 14.2 Å². The molecule has 1 saturated heterocycles. The van der Waals surface area contributed by atoms with Gasteiger partial charge in [-0.1, -0.05) is 0 Å². The van der Waals surface area contributed by atoms with Gasteiger partial charge in [0, 0.05) is 5.56 Å². The number of ether oxygens (including phenoxy) is 3. The molecule has 0 spiro atoms. The van der Waals surface area contributed by atoms with Gasteiger partial charge in [0.15, 0.2) is 11.5 Å². The highest BCUT2D eigenvalue weighted by atomic mass is 16.7. The van der Waals surface area contributed by atoms with Crippen LogP contribution >= 0.6 is 0 Å². The van der Waals surface area contributed by atoms with E-state index in [1.54, 1.807) is 4.90 Å². The third-order valence-corrected chi connectivity index (χ3v) is 3.09. The molecule has 0 saturated carbocycles. The van der Waals surface area contributed by atoms with E-state index in [1.165, 1.54) is 5.56 Å². The van der Waals surface area contributed by atoms with E-state index < -0.39 is 0 Å². The SMILES string of the molecule is c1cc2c(cc1C[NH+]1CCOCC1)OCO2. The average molecular weight is 222 g/mol. The molecule has 0 bridgehead atoms. The Labute approximate surface area is 94.7 Å². The summed E-state index contributed by atoms with van der Waals surface area (Å²) in [6, 6.07) is 6.21. The Morgan fingerprint density at radius 3 is 2.75 bits per heavy atom. The fourth-order valence-corrected chi connectivity index (χ4v) is 2.18. The lowest BCUT2D eigenvalue weighted by Gasteiger charge is -2.23. The third-order valence-electron chi connectivity index (χ3n) is 3.09. The summed E-state index contributed by atoms with van der Waals surface area (Å²) in [7, 11) is 0. The molecule has 0 unspecified atom stereocenters. The maximum atomic E-state index is 5.37. The molecule has 1 N–H and O–H groups in total. The molecular weight excluding hydrogens is 206 g/mol. The second kappa shape index (κ2) is 4.31. The minimum absolute atomic E-state index is 0.350. The summed E-state index contributed by atoms with van der Waals surface area (Å²) >= 11 is 0. The van der Waals surface area contributed by atoms with Gasteiger partial charge in [-0.2, -0.15) is 0 Å². The minimum atomic E-state index is 0.350. The van der Waals surface area contributed by atoms with Crippen LogP contribution in [0, 0.1) is 0 Å². The lowest BCUT2D eigenvalue weighted by molar-refractivity contribution is -0.921. The van der Waals surface area contributed by atoms with Crippen molar-refractivity contribution in [2.24, 2.45) is 0 Å². The predicted octanol–water partition coefficient (Wildman–Crippen LogP) is -0.170. The molecule has 0 aromatic heterocycles. The standard InChI is InChI=1S/C12H15NO3/c1-2-11-12(16-9-15-11)7-10(1)8-13-3-5-14-6-4-13/h1-2,7H,3-6,8-9H2/p+1. The van der Waals surface area contributed by atoms with Crippen LogP contribution in [0.25, 0.3) is 0 Å². The quantitative estimate of drug-likeness (QED) is 0.754. The van der Waals surface area contributed by atoms with E-state index >= 15 is 0 Å². The Kier molecular flexibility index (Phi) is 2.68. The Morgan fingerprint density at radius 1 is 1.06 bits per heavy atom. The Balaban J connectivity index is 1.69. The summed E-state index contributed by atoms with van der Waals surface area (Å²) in [5, 5.41) is 0. The number of benzene rings is 1. The molecule has 1 aromatic rings. The first-order valence-electron chi connectivity index (χ1n) is 5.72. The minimum Gasteiger partial charge on any atom is -0.454 e. The summed E-state index contributed by atoms with van der Waals surface area (Å²) in [5.41, 5.74) is 1.31. The van der Waals surface area contributed by atoms with E-state index in [0.29, 0.717) is 6.79 Å². The molecule has 2 aliphatic rings. The molecule has 0 aliphatic carbocycles. The van der Waals surface area contributed by atoms with Crippen molar-refractivity contribution < 1.29 is 19.1 Å². The zero-order chi connectivity index (χ0) is 10.8. The first kappa shape index (κ1) is 9.93. The van der Waals surface area contributed by atoms with Gasteiger partial charge >= 0.3 is 0 Å². The van der Waals surface area contributed by atoms with Crippen LogP contribution in [0.4, 0.5) is 0 Å². The van der Waals surface area contributed by atoms with Crippen molar-refractivity contribution in [3.8, 4) is 11.5 Å². The van der Waals surface area contributed by atoms with Gasteiger partial charge in [0.25, 0.3) is 0 Å². The van der Waals surface area contributed by atoms with Crippen molar-refractivity contribution >= 4 is 0 Å². The smallest absolute Gasteiger partial charge is 0.231 e. The van der Waals surface area contributed by atoms with Gasteiger partial charge in [-0.05, 0) is 18.2 Å². The largest absolute Gasteiger partial charge is 0.454 e. The summed E-state index contributed by atoms with van der Waals surface area (Å²) in [6.07, 6.45) is 0. The number of rotatable bonds is 2. The van der Waals surface area contributed by atoms with Crippen LogP contribution in [0.15, 0.2) is 18.2 Å². The fourth-order valence-electron chi connectivity index (χ4n) is 2.18. The maximum absolute atomic E-state index is 5.37. The lowest BCUT2D eigenvalue weighted by atomic mass is 10.2. The van der Waals surface area contributed by atoms with Crippen LogP contribution in [0.3, 0.4) is 0 Å². The number of hydrogen-bond donors (Lipinski definition) is 1. The highest BCUT2D eigenvalue weighted by Crippen LogP contribution is 2.32. The molecule has 16 heavy (non-hydrogen) atoms. The highest BCUT2D eigenvalue weighted by molar-refractivity contribution is 5.44. The molecule has 1 aromatic carbocycles. The van der Waals surface area contributed by atoms with Crippen molar-refractivity contribution in [2.45, 2.75) is 6.54 Å². The Morgan fingerprint density at radius 2 is 1.88 bits per heavy atom. The first-order valence-corrected chi connectivity index (χ1v) is 5.72. The summed E-state index contributed by atoms with van der Waals surface area (Å²) in [6.45, 7) is 5.33. The molecule has 3 rings (SSSR count). The zero-order valence-corrected chi connectivity index (χ0v) is 9.20. The normalized spacial score (nSPS) is 20.0. The molecule has 86 valence electrons. The molecule has 0 amide bonds. The first-order chi connectivity index (χ1) is 7.92. The number of morpholine rings is 1. The van der Waals surface area contributed by atoms with Crippen molar-refractivity contribution in [2.75, 3.05) is 33.1 Å². The maximum Gasteiger partial charge on any atom is 0.231 e. The number of quaternary nitrogens is 1. The van der Waals surface area contributed by atoms with Gasteiger partial charge in [0.1, 0.15) is 19.6 Å². The van der Waals surface area contributed by atoms with Gasteiger partial charge in [0.2, 0.25) is 6.79 Å². The highest BCUT2D eigenvalue weighted by Gasteiger charge is 2.17. The molecule has 0 radical (unpaired) electrons. The number of nitrogens with one attached hydrogen (secondary N) is 1. The molecular formula is C12H16NO3+. The van der Waals surface area contributed by atoms with Crippen molar-refractivity contribution in [1.82, 2.24) is 0 Å². The summed E-state index contributed by atoms with van der Waals surface area (Å²) in [5.74, 6) is 1.74. The van der Waals surface area contributed by atoms with Crippen molar-refractivity contribution in [1.29, 1.82) is 0 Å². The third kappa shape index (κ3) is 1.99. The molecule has 1 fully saturated rings. The van der Waals surface area contributed by atoms with Gasteiger partial charge in [-0.3, -0.25) is 0 Å². The van der Waals surface area contributed by atoms with Crippen LogP contribution in [0.2, 0.25) is 0 Å². The average Bonchev–Trinajstić information content (AvgIpc) is 2.77. The van der Waals surface area contributed by atoms with Crippen LogP contribution in [0.5, 0.6) is 11.5 Å². The zero-order valence-electron chi connectivity index (χ0n) is 9.20.